The lowest BCUT2D eigenvalue weighted by molar-refractivity contribution is -0.119. The van der Waals surface area contributed by atoms with Gasteiger partial charge in [0.15, 0.2) is 0 Å². The van der Waals surface area contributed by atoms with Gasteiger partial charge in [0.2, 0.25) is 11.9 Å². The molecular weight excluding hydrogens is 420 g/mol. The van der Waals surface area contributed by atoms with Crippen LogP contribution in [0.25, 0.3) is 0 Å². The summed E-state index contributed by atoms with van der Waals surface area (Å²) in [6, 6.07) is 9.49. The van der Waals surface area contributed by atoms with Gasteiger partial charge >= 0.3 is 0 Å². The Bertz CT molecular complexity index is 1250. The number of sulfonamides is 1. The molecule has 2 N–H and O–H groups in total. The van der Waals surface area contributed by atoms with Crippen LogP contribution in [0.5, 0.6) is 0 Å². The lowest BCUT2D eigenvalue weighted by Crippen LogP contribution is -2.33. The van der Waals surface area contributed by atoms with Crippen LogP contribution in [0, 0.1) is 0 Å². The highest BCUT2D eigenvalue weighted by molar-refractivity contribution is 7.92. The molecule has 160 valence electrons. The highest BCUT2D eigenvalue weighted by atomic mass is 32.2. The second-order valence-electron chi connectivity index (χ2n) is 7.18. The molecule has 31 heavy (non-hydrogen) atoms. The molecule has 2 heterocycles. The molecule has 1 saturated carbocycles. The highest BCUT2D eigenvalue weighted by Gasteiger charge is 2.27. The van der Waals surface area contributed by atoms with E-state index in [9.17, 15) is 18.0 Å². The van der Waals surface area contributed by atoms with Crippen LogP contribution in [0.3, 0.4) is 0 Å². The molecule has 1 aliphatic carbocycles. The van der Waals surface area contributed by atoms with E-state index in [1.54, 1.807) is 19.1 Å². The number of rotatable bonds is 7. The molecule has 3 aromatic rings. The maximum atomic E-state index is 12.6. The van der Waals surface area contributed by atoms with E-state index in [4.69, 9.17) is 0 Å². The second kappa shape index (κ2) is 8.26. The lowest BCUT2D eigenvalue weighted by atomic mass is 10.2. The number of carbonyl (C=O) groups excluding carboxylic acids is 1. The summed E-state index contributed by atoms with van der Waals surface area (Å²) in [6.07, 6.45) is 4.91. The molecule has 1 atom stereocenters. The molecule has 0 radical (unpaired) electrons. The first-order valence-corrected chi connectivity index (χ1v) is 11.1. The SMILES string of the molecule is CC(C(=O)Nc1ccc(S(=O)(=O)Nc2ncccn2)cc1)n1nc(C2CC2)ccc1=O. The summed E-state index contributed by atoms with van der Waals surface area (Å²) < 4.78 is 28.3. The van der Waals surface area contributed by atoms with Gasteiger partial charge in [0, 0.05) is 30.1 Å². The quantitative estimate of drug-likeness (QED) is 0.573. The molecule has 10 nitrogen and oxygen atoms in total. The molecule has 1 fully saturated rings. The predicted octanol–water partition coefficient (Wildman–Crippen LogP) is 1.91. The van der Waals surface area contributed by atoms with Crippen molar-refractivity contribution in [2.24, 2.45) is 0 Å². The second-order valence-corrected chi connectivity index (χ2v) is 8.87. The van der Waals surface area contributed by atoms with Gasteiger partial charge in [-0.2, -0.15) is 5.10 Å². The Hall–Kier alpha value is -3.60. The van der Waals surface area contributed by atoms with Crippen LogP contribution in [-0.2, 0) is 14.8 Å². The van der Waals surface area contributed by atoms with E-state index < -0.39 is 22.0 Å². The molecule has 2 aromatic heterocycles. The fraction of sp³-hybridized carbons (Fsp3) is 0.250. The Kier molecular flexibility index (Phi) is 5.51. The van der Waals surface area contributed by atoms with E-state index in [1.807, 2.05) is 0 Å². The third-order valence-corrected chi connectivity index (χ3v) is 6.16. The zero-order valence-electron chi connectivity index (χ0n) is 16.6. The topological polar surface area (TPSA) is 136 Å². The summed E-state index contributed by atoms with van der Waals surface area (Å²) in [5, 5.41) is 7.01. The summed E-state index contributed by atoms with van der Waals surface area (Å²) in [4.78, 5) is 32.4. The van der Waals surface area contributed by atoms with Crippen molar-refractivity contribution < 1.29 is 13.2 Å². The summed E-state index contributed by atoms with van der Waals surface area (Å²) in [5.74, 6) is -0.125. The molecule has 0 spiro atoms. The highest BCUT2D eigenvalue weighted by Crippen LogP contribution is 2.38. The fourth-order valence-electron chi connectivity index (χ4n) is 2.92. The summed E-state index contributed by atoms with van der Waals surface area (Å²) in [5.41, 5.74) is 0.838. The minimum absolute atomic E-state index is 0.0129. The van der Waals surface area contributed by atoms with Crippen molar-refractivity contribution in [3.63, 3.8) is 0 Å². The Labute approximate surface area is 178 Å². The zero-order chi connectivity index (χ0) is 22.0. The normalized spacial score (nSPS) is 14.6. The van der Waals surface area contributed by atoms with Crippen molar-refractivity contribution in [3.05, 3.63) is 70.9 Å². The Morgan fingerprint density at radius 3 is 2.42 bits per heavy atom. The monoisotopic (exact) mass is 440 g/mol. The van der Waals surface area contributed by atoms with E-state index in [0.717, 1.165) is 18.5 Å². The van der Waals surface area contributed by atoms with Crippen LogP contribution >= 0.6 is 0 Å². The van der Waals surface area contributed by atoms with E-state index in [0.29, 0.717) is 11.6 Å². The number of carbonyl (C=O) groups is 1. The smallest absolute Gasteiger partial charge is 0.267 e. The molecule has 4 rings (SSSR count). The van der Waals surface area contributed by atoms with Gasteiger partial charge in [-0.25, -0.2) is 27.8 Å². The van der Waals surface area contributed by atoms with E-state index in [-0.39, 0.29) is 16.4 Å². The fourth-order valence-corrected chi connectivity index (χ4v) is 3.88. The van der Waals surface area contributed by atoms with Crippen LogP contribution in [0.4, 0.5) is 11.6 Å². The van der Waals surface area contributed by atoms with Crippen molar-refractivity contribution in [3.8, 4) is 0 Å². The van der Waals surface area contributed by atoms with Gasteiger partial charge in [0.05, 0.1) is 10.6 Å². The van der Waals surface area contributed by atoms with Crippen molar-refractivity contribution >= 4 is 27.6 Å². The summed E-state index contributed by atoms with van der Waals surface area (Å²) >= 11 is 0. The average Bonchev–Trinajstić information content (AvgIpc) is 3.60. The van der Waals surface area contributed by atoms with Gasteiger partial charge in [-0.3, -0.25) is 9.59 Å². The molecule has 1 unspecified atom stereocenters. The minimum atomic E-state index is -3.87. The van der Waals surface area contributed by atoms with Crippen LogP contribution < -0.4 is 15.6 Å². The summed E-state index contributed by atoms with van der Waals surface area (Å²) in [6.45, 7) is 1.59. The van der Waals surface area contributed by atoms with Crippen molar-refractivity contribution in [2.45, 2.75) is 36.6 Å². The summed E-state index contributed by atoms with van der Waals surface area (Å²) in [7, 11) is -3.87. The number of hydrogen-bond acceptors (Lipinski definition) is 7. The molecule has 1 aromatic carbocycles. The first-order chi connectivity index (χ1) is 14.8. The Morgan fingerprint density at radius 2 is 1.77 bits per heavy atom. The first kappa shape index (κ1) is 20.7. The molecular formula is C20H20N6O4S. The van der Waals surface area contributed by atoms with Crippen molar-refractivity contribution in [1.82, 2.24) is 19.7 Å². The molecule has 1 aliphatic rings. The van der Waals surface area contributed by atoms with Gasteiger partial charge in [-0.1, -0.05) is 0 Å². The number of aromatic nitrogens is 4. The van der Waals surface area contributed by atoms with Crippen LogP contribution in [0.2, 0.25) is 0 Å². The number of nitrogens with zero attached hydrogens (tertiary/aromatic N) is 4. The van der Waals surface area contributed by atoms with Crippen molar-refractivity contribution in [2.75, 3.05) is 10.0 Å². The number of hydrogen-bond donors (Lipinski definition) is 2. The van der Waals surface area contributed by atoms with Gasteiger partial charge in [0.25, 0.3) is 15.6 Å². The molecule has 11 heteroatoms. The Morgan fingerprint density at radius 1 is 1.10 bits per heavy atom. The first-order valence-electron chi connectivity index (χ1n) is 9.64. The zero-order valence-corrected chi connectivity index (χ0v) is 17.4. The molecule has 1 amide bonds. The van der Waals surface area contributed by atoms with Gasteiger partial charge in [-0.15, -0.1) is 0 Å². The van der Waals surface area contributed by atoms with E-state index >= 15 is 0 Å². The predicted molar refractivity (Wildman–Crippen MR) is 113 cm³/mol. The molecule has 0 aliphatic heterocycles. The van der Waals surface area contributed by atoms with Gasteiger partial charge < -0.3 is 5.32 Å². The van der Waals surface area contributed by atoms with Crippen LogP contribution in [-0.4, -0.2) is 34.1 Å². The third-order valence-electron chi connectivity index (χ3n) is 4.81. The average molecular weight is 440 g/mol. The number of anilines is 2. The maximum absolute atomic E-state index is 12.6. The largest absolute Gasteiger partial charge is 0.324 e. The van der Waals surface area contributed by atoms with E-state index in [2.05, 4.69) is 25.1 Å². The van der Waals surface area contributed by atoms with Gasteiger partial charge in [-0.05, 0) is 56.2 Å². The Balaban J connectivity index is 1.46. The number of nitrogens with one attached hydrogen (secondary N) is 2. The lowest BCUT2D eigenvalue weighted by Gasteiger charge is -2.15. The van der Waals surface area contributed by atoms with Crippen molar-refractivity contribution in [1.29, 1.82) is 0 Å². The van der Waals surface area contributed by atoms with Gasteiger partial charge in [0.1, 0.15) is 6.04 Å². The number of amides is 1. The maximum Gasteiger partial charge on any atom is 0.267 e. The number of benzene rings is 1. The molecule has 0 bridgehead atoms. The third kappa shape index (κ3) is 4.77. The van der Waals surface area contributed by atoms with Crippen LogP contribution in [0.1, 0.15) is 37.4 Å². The van der Waals surface area contributed by atoms with E-state index in [1.165, 1.54) is 47.4 Å². The standard InChI is InChI=1S/C20H20N6O4S/c1-13(26-18(27)10-9-17(24-26)14-3-4-14)19(28)23-15-5-7-16(8-6-15)31(29,30)25-20-21-11-2-12-22-20/h2,5-14H,3-4H2,1H3,(H,23,28)(H,21,22,25). The van der Waals surface area contributed by atoms with Crippen LogP contribution in [0.15, 0.2) is 64.5 Å². The minimum Gasteiger partial charge on any atom is -0.324 e. The molecule has 0 saturated heterocycles.